The van der Waals surface area contributed by atoms with Gasteiger partial charge in [-0.1, -0.05) is 26.8 Å². The molecule has 1 aliphatic heterocycles. The molecular formula is C30H29N2O+. The molecule has 1 aliphatic rings. The first-order valence-corrected chi connectivity index (χ1v) is 11.5. The van der Waals surface area contributed by atoms with Crippen LogP contribution in [0.15, 0.2) is 65.2 Å². The molecule has 5 aromatic rings. The van der Waals surface area contributed by atoms with E-state index in [9.17, 15) is 0 Å². The van der Waals surface area contributed by atoms with Gasteiger partial charge in [0.15, 0.2) is 12.7 Å². The number of nitrogens with zero attached hydrogens (tertiary/aromatic N) is 2. The SMILES string of the molecule is [2H]C([2H])(c1ccc2[n+](c1)Cc1cc(C)c(-c3ccc4oc5nc(C)ccc5c4c3)cc1-2)C(C)(C)C. The molecule has 0 radical (unpaired) electrons. The van der Waals surface area contributed by atoms with Crippen molar-refractivity contribution in [1.82, 2.24) is 4.98 Å². The van der Waals surface area contributed by atoms with Crippen molar-refractivity contribution in [2.24, 2.45) is 5.41 Å². The molecule has 0 saturated heterocycles. The van der Waals surface area contributed by atoms with Crippen LogP contribution in [0.2, 0.25) is 0 Å². The Morgan fingerprint density at radius 3 is 2.64 bits per heavy atom. The van der Waals surface area contributed by atoms with Gasteiger partial charge in [0.05, 0.1) is 5.56 Å². The first-order valence-electron chi connectivity index (χ1n) is 12.5. The predicted molar refractivity (Wildman–Crippen MR) is 134 cm³/mol. The van der Waals surface area contributed by atoms with Crippen LogP contribution < -0.4 is 4.57 Å². The maximum Gasteiger partial charge on any atom is 0.227 e. The van der Waals surface area contributed by atoms with E-state index >= 15 is 0 Å². The van der Waals surface area contributed by atoms with Gasteiger partial charge in [-0.15, -0.1) is 0 Å². The van der Waals surface area contributed by atoms with Gasteiger partial charge in [0, 0.05) is 36.4 Å². The summed E-state index contributed by atoms with van der Waals surface area (Å²) in [6, 6.07) is 19.1. The summed E-state index contributed by atoms with van der Waals surface area (Å²) < 4.78 is 25.6. The van der Waals surface area contributed by atoms with Crippen LogP contribution in [-0.4, -0.2) is 4.98 Å². The van der Waals surface area contributed by atoms with Gasteiger partial charge >= 0.3 is 0 Å². The van der Waals surface area contributed by atoms with Crippen molar-refractivity contribution in [3.63, 3.8) is 0 Å². The van der Waals surface area contributed by atoms with E-state index in [0.717, 1.165) is 45.4 Å². The van der Waals surface area contributed by atoms with Crippen molar-refractivity contribution in [2.45, 2.75) is 47.5 Å². The normalized spacial score (nSPS) is 14.3. The Labute approximate surface area is 197 Å². The summed E-state index contributed by atoms with van der Waals surface area (Å²) in [5.74, 6) is 0. The molecule has 164 valence electrons. The molecule has 6 rings (SSSR count). The zero-order chi connectivity index (χ0) is 24.7. The van der Waals surface area contributed by atoms with Gasteiger partial charge < -0.3 is 4.42 Å². The van der Waals surface area contributed by atoms with E-state index < -0.39 is 11.8 Å². The minimum absolute atomic E-state index is 0.485. The van der Waals surface area contributed by atoms with Gasteiger partial charge in [-0.3, -0.25) is 0 Å². The number of furan rings is 1. The summed E-state index contributed by atoms with van der Waals surface area (Å²) in [5.41, 5.74) is 9.90. The molecule has 0 fully saturated rings. The lowest BCUT2D eigenvalue weighted by Gasteiger charge is -2.17. The number of hydrogen-bond donors (Lipinski definition) is 0. The largest absolute Gasteiger partial charge is 0.438 e. The average Bonchev–Trinajstić information content (AvgIpc) is 3.33. The fraction of sp³-hybridized carbons (Fsp3) is 0.267. The standard InChI is InChI=1S/C30H29N2O/c1-18-12-22-17-32-16-20(15-30(3,4)5)7-10-27(32)25(22)14-24(18)21-8-11-28-26(13-21)23-9-6-19(2)31-29(23)33-28/h6-14,16H,15,17H2,1-5H3/q+1/i15D2. The molecule has 0 bridgehead atoms. The van der Waals surface area contributed by atoms with Crippen molar-refractivity contribution in [1.29, 1.82) is 0 Å². The van der Waals surface area contributed by atoms with Crippen LogP contribution in [-0.2, 0) is 12.9 Å². The zero-order valence-electron chi connectivity index (χ0n) is 21.8. The number of rotatable bonds is 2. The van der Waals surface area contributed by atoms with Crippen LogP contribution in [0.25, 0.3) is 44.5 Å². The van der Waals surface area contributed by atoms with Crippen molar-refractivity contribution >= 4 is 22.1 Å². The molecule has 3 nitrogen and oxygen atoms in total. The summed E-state index contributed by atoms with van der Waals surface area (Å²) in [6.07, 6.45) is 0.579. The third-order valence-corrected chi connectivity index (χ3v) is 6.40. The van der Waals surface area contributed by atoms with Crippen molar-refractivity contribution in [2.75, 3.05) is 0 Å². The molecule has 4 heterocycles. The molecule has 0 spiro atoms. The Bertz CT molecular complexity index is 1660. The van der Waals surface area contributed by atoms with Crippen LogP contribution in [0.4, 0.5) is 0 Å². The van der Waals surface area contributed by atoms with Crippen LogP contribution in [0, 0.1) is 19.3 Å². The number of aromatic nitrogens is 2. The Balaban J connectivity index is 1.46. The number of hydrogen-bond acceptors (Lipinski definition) is 2. The maximum absolute atomic E-state index is 8.69. The third kappa shape index (κ3) is 3.43. The highest BCUT2D eigenvalue weighted by Crippen LogP contribution is 2.37. The van der Waals surface area contributed by atoms with Crippen LogP contribution >= 0.6 is 0 Å². The van der Waals surface area contributed by atoms with Crippen molar-refractivity contribution in [3.05, 3.63) is 83.2 Å². The first kappa shape index (κ1) is 18.0. The van der Waals surface area contributed by atoms with Gasteiger partial charge in [0.1, 0.15) is 5.58 Å². The molecule has 0 N–H and O–H groups in total. The quantitative estimate of drug-likeness (QED) is 0.270. The molecule has 3 aromatic heterocycles. The summed E-state index contributed by atoms with van der Waals surface area (Å²) >= 11 is 0. The first-order chi connectivity index (χ1) is 16.5. The minimum Gasteiger partial charge on any atom is -0.438 e. The molecule has 33 heavy (non-hydrogen) atoms. The number of fused-ring (bicyclic) bond motifs is 6. The van der Waals surface area contributed by atoms with Gasteiger partial charge in [-0.25, -0.2) is 4.98 Å². The van der Waals surface area contributed by atoms with E-state index in [4.69, 9.17) is 7.16 Å². The Hall–Kier alpha value is -3.46. The molecule has 0 atom stereocenters. The lowest BCUT2D eigenvalue weighted by molar-refractivity contribution is -0.672. The third-order valence-electron chi connectivity index (χ3n) is 6.40. The molecular weight excluding hydrogens is 404 g/mol. The maximum atomic E-state index is 8.69. The van der Waals surface area contributed by atoms with E-state index in [0.29, 0.717) is 5.71 Å². The fourth-order valence-corrected chi connectivity index (χ4v) is 4.98. The summed E-state index contributed by atoms with van der Waals surface area (Å²) in [4.78, 5) is 4.55. The lowest BCUT2D eigenvalue weighted by Crippen LogP contribution is -2.33. The Morgan fingerprint density at radius 2 is 1.82 bits per heavy atom. The molecule has 0 amide bonds. The minimum atomic E-state index is -1.42. The van der Waals surface area contributed by atoms with Crippen molar-refractivity contribution in [3.8, 4) is 22.4 Å². The second kappa shape index (κ2) is 7.02. The van der Waals surface area contributed by atoms with E-state index in [2.05, 4.69) is 52.9 Å². The highest BCUT2D eigenvalue weighted by atomic mass is 16.3. The Kier molecular flexibility index (Phi) is 3.83. The molecule has 0 saturated carbocycles. The van der Waals surface area contributed by atoms with E-state index in [1.807, 2.05) is 52.1 Å². The number of aryl methyl sites for hydroxylation is 2. The summed E-state index contributed by atoms with van der Waals surface area (Å²) in [7, 11) is 0. The topological polar surface area (TPSA) is 29.9 Å². The highest BCUT2D eigenvalue weighted by molar-refractivity contribution is 6.05. The van der Waals surface area contributed by atoms with Gasteiger partial charge in [0.25, 0.3) is 0 Å². The van der Waals surface area contributed by atoms with Crippen LogP contribution in [0.5, 0.6) is 0 Å². The highest BCUT2D eigenvalue weighted by Gasteiger charge is 2.28. The van der Waals surface area contributed by atoms with E-state index in [1.165, 1.54) is 22.3 Å². The van der Waals surface area contributed by atoms with Gasteiger partial charge in [-0.2, -0.15) is 4.57 Å². The predicted octanol–water partition coefficient (Wildman–Crippen LogP) is 7.17. The smallest absolute Gasteiger partial charge is 0.227 e. The van der Waals surface area contributed by atoms with Crippen LogP contribution in [0.1, 0.15) is 45.9 Å². The summed E-state index contributed by atoms with van der Waals surface area (Å²) in [5, 5.41) is 2.11. The second-order valence-corrected chi connectivity index (χ2v) is 10.2. The zero-order valence-corrected chi connectivity index (χ0v) is 19.8. The monoisotopic (exact) mass is 435 g/mol. The second-order valence-electron chi connectivity index (χ2n) is 10.2. The fourth-order valence-electron chi connectivity index (χ4n) is 4.98. The molecule has 0 aliphatic carbocycles. The van der Waals surface area contributed by atoms with Crippen molar-refractivity contribution < 1.29 is 11.7 Å². The summed E-state index contributed by atoms with van der Waals surface area (Å²) in [6.45, 7) is 10.7. The lowest BCUT2D eigenvalue weighted by atomic mass is 9.88. The van der Waals surface area contributed by atoms with Crippen LogP contribution in [0.3, 0.4) is 0 Å². The average molecular weight is 436 g/mol. The number of benzene rings is 2. The number of pyridine rings is 2. The Morgan fingerprint density at radius 1 is 0.970 bits per heavy atom. The molecule has 2 aromatic carbocycles. The van der Waals surface area contributed by atoms with E-state index in [1.54, 1.807) is 0 Å². The van der Waals surface area contributed by atoms with Gasteiger partial charge in [0.2, 0.25) is 11.4 Å². The van der Waals surface area contributed by atoms with E-state index in [-0.39, 0.29) is 0 Å². The van der Waals surface area contributed by atoms with Gasteiger partial charge in [-0.05, 0) is 84.8 Å². The molecule has 3 heteroatoms. The molecule has 0 unspecified atom stereocenters.